The highest BCUT2D eigenvalue weighted by atomic mass is 16.5. The summed E-state index contributed by atoms with van der Waals surface area (Å²) < 4.78 is 5.33. The molecule has 0 spiro atoms. The van der Waals surface area contributed by atoms with E-state index in [1.165, 1.54) is 6.42 Å². The van der Waals surface area contributed by atoms with Crippen LogP contribution >= 0.6 is 0 Å². The molecule has 2 heterocycles. The summed E-state index contributed by atoms with van der Waals surface area (Å²) in [6.07, 6.45) is 7.69. The van der Waals surface area contributed by atoms with Crippen LogP contribution in [0.25, 0.3) is 0 Å². The molecule has 1 saturated carbocycles. The fourth-order valence-electron chi connectivity index (χ4n) is 3.65. The Balaban J connectivity index is 1.60. The first-order valence-corrected chi connectivity index (χ1v) is 7.95. The number of carbonyl (C=O) groups excluding carboxylic acids is 2. The summed E-state index contributed by atoms with van der Waals surface area (Å²) >= 11 is 0. The minimum atomic E-state index is -0.299. The number of nitrogens with zero attached hydrogens (tertiary/aromatic N) is 1. The first-order chi connectivity index (χ1) is 9.75. The van der Waals surface area contributed by atoms with E-state index >= 15 is 0 Å². The van der Waals surface area contributed by atoms with Crippen molar-refractivity contribution in [2.45, 2.75) is 69.5 Å². The van der Waals surface area contributed by atoms with E-state index < -0.39 is 0 Å². The van der Waals surface area contributed by atoms with Crippen molar-refractivity contribution in [1.29, 1.82) is 0 Å². The third-order valence-corrected chi connectivity index (χ3v) is 4.78. The molecular formula is C15H24N2O3. The maximum Gasteiger partial charge on any atom is 0.247 e. The highest BCUT2D eigenvalue weighted by molar-refractivity contribution is 6.05. The highest BCUT2D eigenvalue weighted by Gasteiger charge is 2.43. The van der Waals surface area contributed by atoms with Crippen molar-refractivity contribution in [1.82, 2.24) is 10.2 Å². The second-order valence-electron chi connectivity index (χ2n) is 6.20. The van der Waals surface area contributed by atoms with Crippen molar-refractivity contribution in [2.24, 2.45) is 0 Å². The van der Waals surface area contributed by atoms with Crippen LogP contribution in [0, 0.1) is 0 Å². The van der Waals surface area contributed by atoms with Crippen LogP contribution in [-0.2, 0) is 14.3 Å². The van der Waals surface area contributed by atoms with Gasteiger partial charge in [0, 0.05) is 25.3 Å². The van der Waals surface area contributed by atoms with Gasteiger partial charge >= 0.3 is 0 Å². The zero-order valence-electron chi connectivity index (χ0n) is 12.0. The molecule has 0 aromatic heterocycles. The standard InChI is InChI=1S/C15H24N2O3/c18-14-10-13(16-11-6-8-20-9-7-11)15(19)17(14)12-4-2-1-3-5-12/h11-13,16H,1-10H2. The van der Waals surface area contributed by atoms with E-state index in [9.17, 15) is 9.59 Å². The molecule has 0 aromatic rings. The number of imide groups is 1. The fourth-order valence-corrected chi connectivity index (χ4v) is 3.65. The SMILES string of the molecule is O=C1CC(NC2CCOCC2)C(=O)N1C1CCCCC1. The molecule has 1 atom stereocenters. The van der Waals surface area contributed by atoms with Crippen LogP contribution in [0.4, 0.5) is 0 Å². The van der Waals surface area contributed by atoms with Gasteiger partial charge in [-0.1, -0.05) is 19.3 Å². The molecule has 2 aliphatic heterocycles. The van der Waals surface area contributed by atoms with E-state index in [2.05, 4.69) is 5.32 Å². The van der Waals surface area contributed by atoms with Crippen LogP contribution in [-0.4, -0.2) is 48.1 Å². The molecule has 0 radical (unpaired) electrons. The Bertz CT molecular complexity index is 373. The molecular weight excluding hydrogens is 256 g/mol. The Morgan fingerprint density at radius 1 is 1.00 bits per heavy atom. The van der Waals surface area contributed by atoms with Gasteiger partial charge in [-0.05, 0) is 25.7 Å². The monoisotopic (exact) mass is 280 g/mol. The maximum atomic E-state index is 12.5. The number of hydrogen-bond acceptors (Lipinski definition) is 4. The fraction of sp³-hybridized carbons (Fsp3) is 0.867. The predicted octanol–water partition coefficient (Wildman–Crippen LogP) is 1.22. The Morgan fingerprint density at radius 2 is 1.70 bits per heavy atom. The average molecular weight is 280 g/mol. The summed E-state index contributed by atoms with van der Waals surface area (Å²) in [5.41, 5.74) is 0. The summed E-state index contributed by atoms with van der Waals surface area (Å²) in [5, 5.41) is 3.38. The lowest BCUT2D eigenvalue weighted by atomic mass is 9.94. The minimum Gasteiger partial charge on any atom is -0.381 e. The minimum absolute atomic E-state index is 0.00777. The van der Waals surface area contributed by atoms with E-state index in [-0.39, 0.29) is 23.9 Å². The number of carbonyl (C=O) groups is 2. The van der Waals surface area contributed by atoms with Crippen molar-refractivity contribution in [3.05, 3.63) is 0 Å². The number of ether oxygens (including phenoxy) is 1. The lowest BCUT2D eigenvalue weighted by Gasteiger charge is -2.30. The van der Waals surface area contributed by atoms with Gasteiger partial charge in [0.15, 0.2) is 0 Å². The Hall–Kier alpha value is -0.940. The molecule has 5 nitrogen and oxygen atoms in total. The Morgan fingerprint density at radius 3 is 2.40 bits per heavy atom. The molecule has 3 aliphatic rings. The van der Waals surface area contributed by atoms with Crippen molar-refractivity contribution in [3.63, 3.8) is 0 Å². The summed E-state index contributed by atoms with van der Waals surface area (Å²) in [7, 11) is 0. The predicted molar refractivity (Wildman–Crippen MR) is 74.1 cm³/mol. The number of amides is 2. The molecule has 0 aromatic carbocycles. The number of rotatable bonds is 3. The quantitative estimate of drug-likeness (QED) is 0.790. The third-order valence-electron chi connectivity index (χ3n) is 4.78. The van der Waals surface area contributed by atoms with Crippen LogP contribution in [0.3, 0.4) is 0 Å². The normalized spacial score (nSPS) is 30.2. The van der Waals surface area contributed by atoms with Gasteiger partial charge in [-0.25, -0.2) is 0 Å². The topological polar surface area (TPSA) is 58.6 Å². The first kappa shape index (κ1) is 14.0. The Kier molecular flexibility index (Phi) is 4.36. The second-order valence-corrected chi connectivity index (χ2v) is 6.20. The van der Waals surface area contributed by atoms with Crippen LogP contribution in [0.15, 0.2) is 0 Å². The van der Waals surface area contributed by atoms with E-state index in [0.717, 1.165) is 51.7 Å². The smallest absolute Gasteiger partial charge is 0.247 e. The van der Waals surface area contributed by atoms with Gasteiger partial charge in [-0.3, -0.25) is 14.5 Å². The zero-order valence-corrected chi connectivity index (χ0v) is 12.0. The third kappa shape index (κ3) is 2.88. The van der Waals surface area contributed by atoms with E-state index in [1.54, 1.807) is 4.90 Å². The van der Waals surface area contributed by atoms with Gasteiger partial charge in [0.1, 0.15) is 0 Å². The summed E-state index contributed by atoms with van der Waals surface area (Å²) in [6, 6.07) is 0.176. The molecule has 3 rings (SSSR count). The van der Waals surface area contributed by atoms with E-state index in [1.807, 2.05) is 0 Å². The molecule has 5 heteroatoms. The van der Waals surface area contributed by atoms with Gasteiger partial charge in [0.25, 0.3) is 0 Å². The van der Waals surface area contributed by atoms with Gasteiger partial charge in [-0.2, -0.15) is 0 Å². The highest BCUT2D eigenvalue weighted by Crippen LogP contribution is 2.27. The molecule has 3 fully saturated rings. The van der Waals surface area contributed by atoms with Gasteiger partial charge < -0.3 is 10.1 Å². The molecule has 1 N–H and O–H groups in total. The molecule has 1 unspecified atom stereocenters. The summed E-state index contributed by atoms with van der Waals surface area (Å²) in [6.45, 7) is 1.50. The number of likely N-dealkylation sites (tertiary alicyclic amines) is 1. The maximum absolute atomic E-state index is 12.5. The molecule has 112 valence electrons. The second kappa shape index (κ2) is 6.22. The number of nitrogens with one attached hydrogen (secondary N) is 1. The van der Waals surface area contributed by atoms with Crippen molar-refractivity contribution >= 4 is 11.8 Å². The average Bonchev–Trinajstić information content (AvgIpc) is 2.75. The molecule has 2 saturated heterocycles. The van der Waals surface area contributed by atoms with E-state index in [4.69, 9.17) is 4.74 Å². The van der Waals surface area contributed by atoms with E-state index in [0.29, 0.717) is 12.5 Å². The van der Waals surface area contributed by atoms with Gasteiger partial charge in [0.05, 0.1) is 12.5 Å². The van der Waals surface area contributed by atoms with Crippen LogP contribution in [0.2, 0.25) is 0 Å². The lowest BCUT2D eigenvalue weighted by Crippen LogP contribution is -2.48. The van der Waals surface area contributed by atoms with Crippen LogP contribution in [0.1, 0.15) is 51.4 Å². The Labute approximate surface area is 120 Å². The number of hydrogen-bond donors (Lipinski definition) is 1. The zero-order chi connectivity index (χ0) is 13.9. The van der Waals surface area contributed by atoms with Crippen LogP contribution < -0.4 is 5.32 Å². The summed E-state index contributed by atoms with van der Waals surface area (Å²) in [4.78, 5) is 26.2. The lowest BCUT2D eigenvalue weighted by molar-refractivity contribution is -0.142. The largest absolute Gasteiger partial charge is 0.381 e. The van der Waals surface area contributed by atoms with Crippen molar-refractivity contribution in [3.8, 4) is 0 Å². The van der Waals surface area contributed by atoms with Crippen molar-refractivity contribution in [2.75, 3.05) is 13.2 Å². The van der Waals surface area contributed by atoms with Gasteiger partial charge in [0.2, 0.25) is 11.8 Å². The van der Waals surface area contributed by atoms with Gasteiger partial charge in [-0.15, -0.1) is 0 Å². The summed E-state index contributed by atoms with van der Waals surface area (Å²) in [5.74, 6) is 0.0276. The molecule has 2 amide bonds. The van der Waals surface area contributed by atoms with Crippen molar-refractivity contribution < 1.29 is 14.3 Å². The molecule has 0 bridgehead atoms. The molecule has 1 aliphatic carbocycles. The van der Waals surface area contributed by atoms with Crippen LogP contribution in [0.5, 0.6) is 0 Å². The first-order valence-electron chi connectivity index (χ1n) is 7.95. The molecule has 20 heavy (non-hydrogen) atoms.